The fourth-order valence-electron chi connectivity index (χ4n) is 2.13. The lowest BCUT2D eigenvalue weighted by Crippen LogP contribution is -2.33. The van der Waals surface area contributed by atoms with Gasteiger partial charge >= 0.3 is 6.18 Å². The van der Waals surface area contributed by atoms with E-state index in [4.69, 9.17) is 4.74 Å². The molecule has 134 valence electrons. The molecule has 2 aromatic rings. The van der Waals surface area contributed by atoms with Gasteiger partial charge in [0, 0.05) is 25.4 Å². The first-order chi connectivity index (χ1) is 11.7. The summed E-state index contributed by atoms with van der Waals surface area (Å²) >= 11 is 0. The van der Waals surface area contributed by atoms with Gasteiger partial charge in [0.25, 0.3) is 5.91 Å². The third kappa shape index (κ3) is 4.44. The first-order valence-corrected chi connectivity index (χ1v) is 7.30. The van der Waals surface area contributed by atoms with Crippen molar-refractivity contribution in [1.29, 1.82) is 0 Å². The van der Waals surface area contributed by atoms with Crippen LogP contribution in [0.2, 0.25) is 0 Å². The zero-order valence-corrected chi connectivity index (χ0v) is 13.6. The van der Waals surface area contributed by atoms with Crippen molar-refractivity contribution in [3.63, 3.8) is 0 Å². The Morgan fingerprint density at radius 1 is 1.32 bits per heavy atom. The van der Waals surface area contributed by atoms with Crippen LogP contribution in [0.25, 0.3) is 5.69 Å². The van der Waals surface area contributed by atoms with Gasteiger partial charge in [0.15, 0.2) is 5.69 Å². The first kappa shape index (κ1) is 18.7. The monoisotopic (exact) mass is 355 g/mol. The summed E-state index contributed by atoms with van der Waals surface area (Å²) in [5.74, 6) is -0.720. The molecule has 2 rings (SSSR count). The van der Waals surface area contributed by atoms with Crippen molar-refractivity contribution in [3.8, 4) is 5.69 Å². The summed E-state index contributed by atoms with van der Waals surface area (Å²) in [6, 6.07) is 5.62. The second-order valence-corrected chi connectivity index (χ2v) is 5.21. The number of aromatic nitrogens is 2. The van der Waals surface area contributed by atoms with Gasteiger partial charge in [-0.05, 0) is 25.1 Å². The lowest BCUT2D eigenvalue weighted by atomic mass is 10.2. The number of alkyl halides is 3. The van der Waals surface area contributed by atoms with Crippen LogP contribution in [-0.4, -0.2) is 35.9 Å². The highest BCUT2D eigenvalue weighted by molar-refractivity contribution is 5.92. The van der Waals surface area contributed by atoms with Crippen LogP contribution >= 0.6 is 0 Å². The van der Waals surface area contributed by atoms with Gasteiger partial charge in [0.1, 0.15) is 0 Å². The maximum absolute atomic E-state index is 12.9. The largest absolute Gasteiger partial charge is 0.416 e. The quantitative estimate of drug-likeness (QED) is 0.832. The zero-order valence-electron chi connectivity index (χ0n) is 13.6. The van der Waals surface area contributed by atoms with Crippen molar-refractivity contribution in [3.05, 3.63) is 57.5 Å². The van der Waals surface area contributed by atoms with Crippen LogP contribution in [-0.2, 0) is 10.9 Å². The second-order valence-electron chi connectivity index (χ2n) is 5.21. The molecule has 0 fully saturated rings. The fraction of sp³-hybridized carbons (Fsp3) is 0.312. The van der Waals surface area contributed by atoms with Crippen LogP contribution in [0.3, 0.4) is 0 Å². The highest BCUT2D eigenvalue weighted by Gasteiger charge is 2.30. The molecule has 1 aromatic heterocycles. The number of carbonyl (C=O) groups is 1. The van der Waals surface area contributed by atoms with Gasteiger partial charge in [0.2, 0.25) is 5.43 Å². The number of ether oxygens (including phenoxy) is 1. The smallest absolute Gasteiger partial charge is 0.383 e. The molecule has 0 spiro atoms. The van der Waals surface area contributed by atoms with Crippen LogP contribution in [0.5, 0.6) is 0 Å². The van der Waals surface area contributed by atoms with Crippen LogP contribution < -0.4 is 10.7 Å². The maximum atomic E-state index is 12.9. The molecule has 0 bridgehead atoms. The molecule has 0 radical (unpaired) electrons. The van der Waals surface area contributed by atoms with Crippen LogP contribution in [0, 0.1) is 6.92 Å². The molecule has 0 saturated heterocycles. The van der Waals surface area contributed by atoms with E-state index in [9.17, 15) is 22.8 Å². The number of amides is 1. The minimum atomic E-state index is -4.51. The Hall–Kier alpha value is -2.68. The van der Waals surface area contributed by atoms with Crippen molar-refractivity contribution < 1.29 is 22.7 Å². The molecular weight excluding hydrogens is 339 g/mol. The van der Waals surface area contributed by atoms with Gasteiger partial charge in [-0.3, -0.25) is 9.59 Å². The Bertz CT molecular complexity index is 831. The molecule has 9 heteroatoms. The first-order valence-electron chi connectivity index (χ1n) is 7.30. The average Bonchev–Trinajstić information content (AvgIpc) is 2.54. The van der Waals surface area contributed by atoms with Gasteiger partial charge < -0.3 is 10.1 Å². The van der Waals surface area contributed by atoms with Gasteiger partial charge in [-0.2, -0.15) is 18.3 Å². The number of nitrogens with one attached hydrogen (secondary N) is 1. The maximum Gasteiger partial charge on any atom is 0.416 e. The topological polar surface area (TPSA) is 73.2 Å². The average molecular weight is 355 g/mol. The van der Waals surface area contributed by atoms with E-state index in [-0.39, 0.29) is 18.8 Å². The minimum absolute atomic E-state index is 0.0956. The summed E-state index contributed by atoms with van der Waals surface area (Å²) in [5, 5.41) is 6.38. The van der Waals surface area contributed by atoms with E-state index in [1.165, 1.54) is 26.2 Å². The molecule has 0 atom stereocenters. The summed E-state index contributed by atoms with van der Waals surface area (Å²) in [4.78, 5) is 24.0. The Labute approximate surface area is 141 Å². The summed E-state index contributed by atoms with van der Waals surface area (Å²) in [5.41, 5.74) is -1.47. The number of nitrogens with zero attached hydrogens (tertiary/aromatic N) is 2. The highest BCUT2D eigenvalue weighted by Crippen LogP contribution is 2.30. The van der Waals surface area contributed by atoms with E-state index < -0.39 is 28.8 Å². The lowest BCUT2D eigenvalue weighted by Gasteiger charge is -2.13. The Morgan fingerprint density at radius 2 is 2.04 bits per heavy atom. The van der Waals surface area contributed by atoms with Crippen LogP contribution in [0.15, 0.2) is 35.1 Å². The number of rotatable bonds is 5. The van der Waals surface area contributed by atoms with Crippen molar-refractivity contribution in [2.45, 2.75) is 13.1 Å². The number of aryl methyl sites for hydroxylation is 1. The molecule has 0 aliphatic carbocycles. The van der Waals surface area contributed by atoms with Gasteiger partial charge in [-0.25, -0.2) is 4.68 Å². The van der Waals surface area contributed by atoms with Crippen molar-refractivity contribution in [1.82, 2.24) is 15.1 Å². The summed E-state index contributed by atoms with van der Waals surface area (Å²) in [7, 11) is 1.46. The van der Waals surface area contributed by atoms with Gasteiger partial charge in [-0.15, -0.1) is 0 Å². The van der Waals surface area contributed by atoms with E-state index >= 15 is 0 Å². The second kappa shape index (κ2) is 7.47. The molecule has 6 nitrogen and oxygen atoms in total. The molecule has 1 amide bonds. The Kier molecular flexibility index (Phi) is 5.58. The predicted molar refractivity (Wildman–Crippen MR) is 83.8 cm³/mol. The van der Waals surface area contributed by atoms with E-state index in [0.717, 1.165) is 22.9 Å². The molecule has 0 aliphatic rings. The van der Waals surface area contributed by atoms with E-state index in [1.54, 1.807) is 0 Å². The molecule has 1 aromatic carbocycles. The minimum Gasteiger partial charge on any atom is -0.383 e. The molecule has 0 aliphatic heterocycles. The Balaban J connectivity index is 2.44. The molecule has 0 unspecified atom stereocenters. The van der Waals surface area contributed by atoms with Crippen LogP contribution in [0.4, 0.5) is 13.2 Å². The lowest BCUT2D eigenvalue weighted by molar-refractivity contribution is -0.137. The van der Waals surface area contributed by atoms with Gasteiger partial charge in [-0.1, -0.05) is 6.07 Å². The number of methoxy groups -OCH3 is 1. The summed E-state index contributed by atoms with van der Waals surface area (Å²) in [6.45, 7) is 1.94. The summed E-state index contributed by atoms with van der Waals surface area (Å²) in [6.07, 6.45) is -4.51. The van der Waals surface area contributed by atoms with Crippen molar-refractivity contribution in [2.24, 2.45) is 0 Å². The molecule has 1 N–H and O–H groups in total. The zero-order chi connectivity index (χ0) is 18.6. The Morgan fingerprint density at radius 3 is 2.68 bits per heavy atom. The third-order valence-electron chi connectivity index (χ3n) is 3.33. The number of hydrogen-bond acceptors (Lipinski definition) is 4. The van der Waals surface area contributed by atoms with Crippen molar-refractivity contribution >= 4 is 5.91 Å². The third-order valence-corrected chi connectivity index (χ3v) is 3.33. The molecule has 1 heterocycles. The SMILES string of the molecule is COCCNC(=O)c1nn(-c2cccc(C(F)(F)F)c2)c(C)cc1=O. The van der Waals surface area contributed by atoms with Crippen LogP contribution in [0.1, 0.15) is 21.7 Å². The predicted octanol–water partition coefficient (Wildman–Crippen LogP) is 1.94. The normalized spacial score (nSPS) is 11.4. The number of hydrogen-bond donors (Lipinski definition) is 1. The van der Waals surface area contributed by atoms with E-state index in [2.05, 4.69) is 10.4 Å². The van der Waals surface area contributed by atoms with E-state index in [1.807, 2.05) is 0 Å². The highest BCUT2D eigenvalue weighted by atomic mass is 19.4. The molecule has 25 heavy (non-hydrogen) atoms. The number of halogens is 3. The molecular formula is C16H16F3N3O3. The standard InChI is InChI=1S/C16H16F3N3O3/c1-10-8-13(23)14(15(24)20-6-7-25-2)21-22(10)12-5-3-4-11(9-12)16(17,18)19/h3-5,8-9H,6-7H2,1-2H3,(H,20,24). The molecule has 0 saturated carbocycles. The van der Waals surface area contributed by atoms with Crippen molar-refractivity contribution in [2.75, 3.05) is 20.3 Å². The number of carbonyl (C=O) groups excluding carboxylic acids is 1. The fourth-order valence-corrected chi connectivity index (χ4v) is 2.13. The number of benzene rings is 1. The van der Waals surface area contributed by atoms with E-state index in [0.29, 0.717) is 5.69 Å². The summed E-state index contributed by atoms with van der Waals surface area (Å²) < 4.78 is 44.5. The van der Waals surface area contributed by atoms with Gasteiger partial charge in [0.05, 0.1) is 17.9 Å².